The predicted molar refractivity (Wildman–Crippen MR) is 88.6 cm³/mol. The molecule has 0 saturated heterocycles. The van der Waals surface area contributed by atoms with Gasteiger partial charge in [-0.2, -0.15) is 5.10 Å². The van der Waals surface area contributed by atoms with E-state index in [4.69, 9.17) is 10.5 Å². The minimum atomic E-state index is 0.496. The molecule has 1 aromatic heterocycles. The van der Waals surface area contributed by atoms with Crippen molar-refractivity contribution in [1.29, 1.82) is 0 Å². The van der Waals surface area contributed by atoms with Crippen molar-refractivity contribution < 1.29 is 4.74 Å². The van der Waals surface area contributed by atoms with Crippen LogP contribution >= 0.6 is 15.9 Å². The van der Waals surface area contributed by atoms with Gasteiger partial charge in [-0.1, -0.05) is 17.7 Å². The number of aryl methyl sites for hydroxylation is 3. The fourth-order valence-corrected chi connectivity index (χ4v) is 2.75. The van der Waals surface area contributed by atoms with Crippen LogP contribution in [-0.2, 0) is 19.6 Å². The number of hydrogen-bond donors (Lipinski definition) is 1. The Morgan fingerprint density at radius 3 is 2.76 bits per heavy atom. The average Bonchev–Trinajstić information content (AvgIpc) is 2.74. The highest BCUT2D eigenvalue weighted by atomic mass is 79.9. The van der Waals surface area contributed by atoms with Crippen molar-refractivity contribution >= 4 is 15.9 Å². The number of rotatable bonds is 6. The highest BCUT2D eigenvalue weighted by Gasteiger charge is 2.13. The Labute approximate surface area is 134 Å². The van der Waals surface area contributed by atoms with Crippen LogP contribution in [0.1, 0.15) is 29.4 Å². The van der Waals surface area contributed by atoms with Crippen molar-refractivity contribution in [3.8, 4) is 5.75 Å². The molecule has 0 aliphatic heterocycles. The maximum Gasteiger partial charge on any atom is 0.131 e. The monoisotopic (exact) mass is 351 g/mol. The first-order valence-corrected chi connectivity index (χ1v) is 8.00. The molecule has 2 rings (SSSR count). The summed E-state index contributed by atoms with van der Waals surface area (Å²) in [6, 6.07) is 6.22. The summed E-state index contributed by atoms with van der Waals surface area (Å²) in [5.74, 6) is 0.902. The molecule has 0 bridgehead atoms. The number of hydrogen-bond acceptors (Lipinski definition) is 3. The van der Waals surface area contributed by atoms with Gasteiger partial charge in [0.25, 0.3) is 0 Å². The Hall–Kier alpha value is -1.33. The lowest BCUT2D eigenvalue weighted by Crippen LogP contribution is -2.09. The van der Waals surface area contributed by atoms with Crippen LogP contribution in [-0.4, -0.2) is 16.3 Å². The normalized spacial score (nSPS) is 10.9. The summed E-state index contributed by atoms with van der Waals surface area (Å²) >= 11 is 3.59. The van der Waals surface area contributed by atoms with E-state index in [2.05, 4.69) is 47.0 Å². The lowest BCUT2D eigenvalue weighted by atomic mass is 10.1. The predicted octanol–water partition coefficient (Wildman–Crippen LogP) is 3.36. The van der Waals surface area contributed by atoms with Gasteiger partial charge in [-0.15, -0.1) is 0 Å². The van der Waals surface area contributed by atoms with Crippen LogP contribution in [0.25, 0.3) is 0 Å². The Kier molecular flexibility index (Phi) is 5.42. The molecule has 0 spiro atoms. The second kappa shape index (κ2) is 7.09. The number of aromatic nitrogens is 2. The molecule has 0 unspecified atom stereocenters. The van der Waals surface area contributed by atoms with Gasteiger partial charge in [-0.25, -0.2) is 0 Å². The van der Waals surface area contributed by atoms with Gasteiger partial charge >= 0.3 is 0 Å². The fraction of sp³-hybridized carbons (Fsp3) is 0.438. The summed E-state index contributed by atoms with van der Waals surface area (Å²) in [5, 5.41) is 4.48. The molecule has 0 radical (unpaired) electrons. The summed E-state index contributed by atoms with van der Waals surface area (Å²) in [6.45, 7) is 8.09. The third-order valence-electron chi connectivity index (χ3n) is 3.45. The van der Waals surface area contributed by atoms with E-state index in [1.54, 1.807) is 0 Å². The van der Waals surface area contributed by atoms with E-state index in [1.165, 1.54) is 5.56 Å². The van der Waals surface area contributed by atoms with E-state index >= 15 is 0 Å². The lowest BCUT2D eigenvalue weighted by molar-refractivity contribution is 0.288. The van der Waals surface area contributed by atoms with E-state index in [9.17, 15) is 0 Å². The molecule has 0 amide bonds. The molecule has 21 heavy (non-hydrogen) atoms. The van der Waals surface area contributed by atoms with Crippen molar-refractivity contribution in [3.63, 3.8) is 0 Å². The van der Waals surface area contributed by atoms with Crippen molar-refractivity contribution in [3.05, 3.63) is 45.2 Å². The summed E-state index contributed by atoms with van der Waals surface area (Å²) < 4.78 is 9.01. The Bertz CT molecular complexity index is 622. The molecule has 114 valence electrons. The number of halogens is 1. The first-order valence-electron chi connectivity index (χ1n) is 7.21. The zero-order valence-corrected chi connectivity index (χ0v) is 14.4. The molecular weight excluding hydrogens is 330 g/mol. The van der Waals surface area contributed by atoms with Crippen LogP contribution in [0, 0.1) is 13.8 Å². The number of benzene rings is 1. The third-order valence-corrected chi connectivity index (χ3v) is 4.48. The van der Waals surface area contributed by atoms with Crippen LogP contribution in [0.15, 0.2) is 22.7 Å². The maximum atomic E-state index is 6.02. The third kappa shape index (κ3) is 3.66. The van der Waals surface area contributed by atoms with E-state index in [0.717, 1.165) is 40.1 Å². The molecule has 2 aromatic rings. The molecule has 1 aromatic carbocycles. The van der Waals surface area contributed by atoms with Crippen LogP contribution < -0.4 is 10.5 Å². The highest BCUT2D eigenvalue weighted by Crippen LogP contribution is 2.25. The quantitative estimate of drug-likeness (QED) is 0.867. The van der Waals surface area contributed by atoms with Gasteiger partial charge in [0, 0.05) is 6.54 Å². The Morgan fingerprint density at radius 2 is 2.10 bits per heavy atom. The van der Waals surface area contributed by atoms with Crippen LogP contribution in [0.2, 0.25) is 0 Å². The standard InChI is InChI=1S/C16H22BrN3O/c1-4-20-14(16(17)12(3)19-20)10-21-15-6-5-11(2)9-13(15)7-8-18/h5-6,9H,4,7-8,10,18H2,1-3H3. The second-order valence-corrected chi connectivity index (χ2v) is 5.89. The van der Waals surface area contributed by atoms with Gasteiger partial charge < -0.3 is 10.5 Å². The number of nitrogens with zero attached hydrogens (tertiary/aromatic N) is 2. The first kappa shape index (κ1) is 16.0. The number of nitrogens with two attached hydrogens (primary N) is 1. The molecule has 0 atom stereocenters. The highest BCUT2D eigenvalue weighted by molar-refractivity contribution is 9.10. The van der Waals surface area contributed by atoms with Crippen LogP contribution in [0.4, 0.5) is 0 Å². The molecule has 5 heteroatoms. The zero-order chi connectivity index (χ0) is 15.4. The minimum absolute atomic E-state index is 0.496. The largest absolute Gasteiger partial charge is 0.487 e. The lowest BCUT2D eigenvalue weighted by Gasteiger charge is -2.13. The summed E-state index contributed by atoms with van der Waals surface area (Å²) in [5.41, 5.74) is 10.1. The van der Waals surface area contributed by atoms with Gasteiger partial charge in [0.05, 0.1) is 15.9 Å². The van der Waals surface area contributed by atoms with Crippen molar-refractivity contribution in [1.82, 2.24) is 9.78 Å². The smallest absolute Gasteiger partial charge is 0.131 e. The maximum absolute atomic E-state index is 6.02. The molecule has 0 saturated carbocycles. The SMILES string of the molecule is CCn1nc(C)c(Br)c1COc1ccc(C)cc1CCN. The van der Waals surface area contributed by atoms with E-state index in [1.807, 2.05) is 17.7 Å². The topological polar surface area (TPSA) is 53.1 Å². The van der Waals surface area contributed by atoms with Crippen LogP contribution in [0.3, 0.4) is 0 Å². The molecule has 2 N–H and O–H groups in total. The van der Waals surface area contributed by atoms with Crippen LogP contribution in [0.5, 0.6) is 5.75 Å². The summed E-state index contributed by atoms with van der Waals surface area (Å²) in [7, 11) is 0. The van der Waals surface area contributed by atoms with Crippen molar-refractivity contribution in [2.45, 2.75) is 40.3 Å². The van der Waals surface area contributed by atoms with Crippen molar-refractivity contribution in [2.75, 3.05) is 6.54 Å². The van der Waals surface area contributed by atoms with Gasteiger partial charge in [-0.3, -0.25) is 4.68 Å². The molecule has 0 fully saturated rings. The molecule has 0 aliphatic rings. The molecule has 1 heterocycles. The van der Waals surface area contributed by atoms with E-state index < -0.39 is 0 Å². The van der Waals surface area contributed by atoms with E-state index in [-0.39, 0.29) is 0 Å². The van der Waals surface area contributed by atoms with Crippen molar-refractivity contribution in [2.24, 2.45) is 5.73 Å². The second-order valence-electron chi connectivity index (χ2n) is 5.10. The Morgan fingerprint density at radius 1 is 1.33 bits per heavy atom. The first-order chi connectivity index (χ1) is 10.1. The zero-order valence-electron chi connectivity index (χ0n) is 12.8. The van der Waals surface area contributed by atoms with Gasteiger partial charge in [0.1, 0.15) is 12.4 Å². The van der Waals surface area contributed by atoms with E-state index in [0.29, 0.717) is 13.2 Å². The summed E-state index contributed by atoms with van der Waals surface area (Å²) in [4.78, 5) is 0. The molecular formula is C16H22BrN3O. The molecule has 0 aliphatic carbocycles. The minimum Gasteiger partial charge on any atom is -0.487 e. The Balaban J connectivity index is 2.20. The van der Waals surface area contributed by atoms with Gasteiger partial charge in [0.15, 0.2) is 0 Å². The van der Waals surface area contributed by atoms with Gasteiger partial charge in [0.2, 0.25) is 0 Å². The molecule has 4 nitrogen and oxygen atoms in total. The van der Waals surface area contributed by atoms with Gasteiger partial charge in [-0.05, 0) is 61.3 Å². The summed E-state index contributed by atoms with van der Waals surface area (Å²) in [6.07, 6.45) is 0.824. The fourth-order valence-electron chi connectivity index (χ4n) is 2.35. The average molecular weight is 352 g/mol. The number of ether oxygens (including phenoxy) is 1.